The van der Waals surface area contributed by atoms with Gasteiger partial charge in [-0.15, -0.1) is 0 Å². The van der Waals surface area contributed by atoms with Crippen molar-refractivity contribution >= 4 is 0 Å². The van der Waals surface area contributed by atoms with E-state index in [0.717, 1.165) is 48.0 Å². The zero-order chi connectivity index (χ0) is 22.2. The first-order valence-electron chi connectivity index (χ1n) is 11.3. The predicted molar refractivity (Wildman–Crippen MR) is 126 cm³/mol. The summed E-state index contributed by atoms with van der Waals surface area (Å²) in [6, 6.07) is 20.0. The second-order valence-corrected chi connectivity index (χ2v) is 8.40. The van der Waals surface area contributed by atoms with Crippen LogP contribution in [0.4, 0.5) is 0 Å². The summed E-state index contributed by atoms with van der Waals surface area (Å²) in [5.41, 5.74) is 3.08. The topological polar surface area (TPSA) is 50.5 Å². The van der Waals surface area contributed by atoms with E-state index < -0.39 is 0 Å². The molecule has 0 saturated carbocycles. The normalized spacial score (nSPS) is 12.5. The Morgan fingerprint density at radius 1 is 0.968 bits per heavy atom. The van der Waals surface area contributed by atoms with E-state index in [-0.39, 0.29) is 6.10 Å². The zero-order valence-electron chi connectivity index (χ0n) is 19.2. The smallest absolute Gasteiger partial charge is 0.227 e. The fraction of sp³-hybridized carbons (Fsp3) is 0.423. The Balaban J connectivity index is 2.05. The maximum atomic E-state index is 10.3. The van der Waals surface area contributed by atoms with Crippen LogP contribution >= 0.6 is 0 Å². The fourth-order valence-corrected chi connectivity index (χ4v) is 3.74. The number of aryl methyl sites for hydroxylation is 1. The highest BCUT2D eigenvalue weighted by Gasteiger charge is 2.23. The van der Waals surface area contributed by atoms with Crippen molar-refractivity contribution < 1.29 is 9.84 Å². The van der Waals surface area contributed by atoms with Crippen LogP contribution in [0.1, 0.15) is 45.4 Å². The fourth-order valence-electron chi connectivity index (χ4n) is 3.74. The van der Waals surface area contributed by atoms with E-state index in [1.54, 1.807) is 0 Å². The molecular formula is C26H35N3O2. The summed E-state index contributed by atoms with van der Waals surface area (Å²) in [5.74, 6) is 2.03. The molecule has 0 amide bonds. The number of ether oxygens (including phenoxy) is 1. The number of rotatable bonds is 11. The Hall–Kier alpha value is -2.63. The minimum absolute atomic E-state index is 0.341. The van der Waals surface area contributed by atoms with Crippen molar-refractivity contribution in [2.45, 2.75) is 53.2 Å². The van der Waals surface area contributed by atoms with Gasteiger partial charge in [0.1, 0.15) is 5.75 Å². The predicted octanol–water partition coefficient (Wildman–Crippen LogP) is 5.46. The van der Waals surface area contributed by atoms with E-state index in [9.17, 15) is 5.11 Å². The van der Waals surface area contributed by atoms with Crippen LogP contribution in [0.25, 0.3) is 5.69 Å². The SMILES string of the molecule is CCc1nn(-c2ccccc2)c(Oc2ccccc2)c1CN(CC(C)C)C[C@H](O)CC. The third-order valence-electron chi connectivity index (χ3n) is 5.26. The molecule has 1 atom stereocenters. The number of benzene rings is 2. The highest BCUT2D eigenvalue weighted by Crippen LogP contribution is 2.32. The maximum Gasteiger partial charge on any atom is 0.227 e. The van der Waals surface area contributed by atoms with Gasteiger partial charge < -0.3 is 9.84 Å². The molecule has 31 heavy (non-hydrogen) atoms. The highest BCUT2D eigenvalue weighted by atomic mass is 16.5. The summed E-state index contributed by atoms with van der Waals surface area (Å²) in [4.78, 5) is 2.32. The number of para-hydroxylation sites is 2. The van der Waals surface area contributed by atoms with Gasteiger partial charge in [0.15, 0.2) is 0 Å². The minimum Gasteiger partial charge on any atom is -0.439 e. The lowest BCUT2D eigenvalue weighted by molar-refractivity contribution is 0.0980. The molecule has 0 unspecified atom stereocenters. The first-order valence-corrected chi connectivity index (χ1v) is 11.3. The molecule has 1 N–H and O–H groups in total. The van der Waals surface area contributed by atoms with Gasteiger partial charge in [0.25, 0.3) is 0 Å². The summed E-state index contributed by atoms with van der Waals surface area (Å²) < 4.78 is 8.33. The van der Waals surface area contributed by atoms with Crippen LogP contribution in [0.5, 0.6) is 11.6 Å². The van der Waals surface area contributed by atoms with Gasteiger partial charge in [0.05, 0.1) is 23.0 Å². The van der Waals surface area contributed by atoms with Gasteiger partial charge in [0, 0.05) is 19.6 Å². The summed E-state index contributed by atoms with van der Waals surface area (Å²) in [6.07, 6.45) is 1.21. The zero-order valence-corrected chi connectivity index (χ0v) is 19.2. The molecule has 0 fully saturated rings. The Morgan fingerprint density at radius 3 is 2.19 bits per heavy atom. The second kappa shape index (κ2) is 11.1. The van der Waals surface area contributed by atoms with Crippen LogP contribution in [0.15, 0.2) is 60.7 Å². The van der Waals surface area contributed by atoms with Gasteiger partial charge >= 0.3 is 0 Å². The van der Waals surface area contributed by atoms with Crippen LogP contribution in [0.3, 0.4) is 0 Å². The van der Waals surface area contributed by atoms with Crippen LogP contribution < -0.4 is 4.74 Å². The average molecular weight is 422 g/mol. The molecular weight excluding hydrogens is 386 g/mol. The molecule has 3 aromatic rings. The Bertz CT molecular complexity index is 923. The Morgan fingerprint density at radius 2 is 1.61 bits per heavy atom. The second-order valence-electron chi connectivity index (χ2n) is 8.40. The molecule has 3 rings (SSSR count). The summed E-state index contributed by atoms with van der Waals surface area (Å²) in [7, 11) is 0. The number of aliphatic hydroxyl groups excluding tert-OH is 1. The van der Waals surface area contributed by atoms with E-state index in [2.05, 4.69) is 25.7 Å². The Labute approximate surface area is 186 Å². The van der Waals surface area contributed by atoms with Crippen LogP contribution in [-0.2, 0) is 13.0 Å². The number of nitrogens with zero attached hydrogens (tertiary/aromatic N) is 3. The molecule has 0 aliphatic carbocycles. The molecule has 0 saturated heterocycles. The monoisotopic (exact) mass is 421 g/mol. The number of aromatic nitrogens is 2. The third kappa shape index (κ3) is 6.18. The van der Waals surface area contributed by atoms with Crippen molar-refractivity contribution in [2.24, 2.45) is 5.92 Å². The van der Waals surface area contributed by atoms with Crippen molar-refractivity contribution in [1.82, 2.24) is 14.7 Å². The summed E-state index contributed by atoms with van der Waals surface area (Å²) in [6.45, 7) is 10.8. The molecule has 166 valence electrons. The van der Waals surface area contributed by atoms with E-state index >= 15 is 0 Å². The number of hydrogen-bond donors (Lipinski definition) is 1. The third-order valence-corrected chi connectivity index (χ3v) is 5.26. The van der Waals surface area contributed by atoms with Crippen LogP contribution in [0.2, 0.25) is 0 Å². The van der Waals surface area contributed by atoms with Gasteiger partial charge in [-0.2, -0.15) is 5.10 Å². The molecule has 0 spiro atoms. The molecule has 0 radical (unpaired) electrons. The Kier molecular flexibility index (Phi) is 8.27. The first kappa shape index (κ1) is 23.0. The maximum absolute atomic E-state index is 10.3. The lowest BCUT2D eigenvalue weighted by atomic mass is 10.1. The molecule has 1 heterocycles. The standard InChI is InChI=1S/C26H35N3O2/c1-5-22(30)18-28(17-20(3)4)19-24-25(6-2)27-29(21-13-9-7-10-14-21)26(24)31-23-15-11-8-12-16-23/h7-16,20,22,30H,5-6,17-19H2,1-4H3/t22-/m1/s1. The lowest BCUT2D eigenvalue weighted by Crippen LogP contribution is -2.34. The highest BCUT2D eigenvalue weighted by molar-refractivity contribution is 5.43. The van der Waals surface area contributed by atoms with Crippen LogP contribution in [-0.4, -0.2) is 39.0 Å². The van der Waals surface area contributed by atoms with Gasteiger partial charge in [-0.25, -0.2) is 4.68 Å². The molecule has 0 bridgehead atoms. The van der Waals surface area contributed by atoms with E-state index in [1.807, 2.05) is 72.3 Å². The molecule has 0 aliphatic rings. The van der Waals surface area contributed by atoms with E-state index in [4.69, 9.17) is 9.84 Å². The first-order chi connectivity index (χ1) is 15.0. The van der Waals surface area contributed by atoms with Gasteiger partial charge in [-0.1, -0.05) is 64.1 Å². The van der Waals surface area contributed by atoms with Crippen molar-refractivity contribution in [3.8, 4) is 17.3 Å². The van der Waals surface area contributed by atoms with Gasteiger partial charge in [-0.05, 0) is 43.0 Å². The quantitative estimate of drug-likeness (QED) is 0.447. The number of aliphatic hydroxyl groups is 1. The van der Waals surface area contributed by atoms with E-state index in [1.165, 1.54) is 0 Å². The van der Waals surface area contributed by atoms with Crippen LogP contribution in [0, 0.1) is 5.92 Å². The molecule has 5 nitrogen and oxygen atoms in total. The number of hydrogen-bond acceptors (Lipinski definition) is 4. The lowest BCUT2D eigenvalue weighted by Gasteiger charge is -2.26. The van der Waals surface area contributed by atoms with E-state index in [0.29, 0.717) is 19.0 Å². The average Bonchev–Trinajstić information content (AvgIpc) is 3.11. The molecule has 2 aromatic carbocycles. The van der Waals surface area contributed by atoms with Crippen molar-refractivity contribution in [3.05, 3.63) is 71.9 Å². The minimum atomic E-state index is -0.341. The van der Waals surface area contributed by atoms with Crippen molar-refractivity contribution in [3.63, 3.8) is 0 Å². The van der Waals surface area contributed by atoms with Crippen molar-refractivity contribution in [1.29, 1.82) is 0 Å². The van der Waals surface area contributed by atoms with Gasteiger partial charge in [0.2, 0.25) is 5.88 Å². The van der Waals surface area contributed by atoms with Crippen molar-refractivity contribution in [2.75, 3.05) is 13.1 Å². The largest absolute Gasteiger partial charge is 0.439 e. The molecule has 1 aromatic heterocycles. The summed E-state index contributed by atoms with van der Waals surface area (Å²) >= 11 is 0. The van der Waals surface area contributed by atoms with Gasteiger partial charge in [-0.3, -0.25) is 4.90 Å². The molecule has 0 aliphatic heterocycles. The summed E-state index contributed by atoms with van der Waals surface area (Å²) in [5, 5.41) is 15.3. The molecule has 5 heteroatoms.